The minimum atomic E-state index is -1.82. The highest BCUT2D eigenvalue weighted by molar-refractivity contribution is 5.89. The van der Waals surface area contributed by atoms with Crippen molar-refractivity contribution in [1.82, 2.24) is 15.5 Å². The van der Waals surface area contributed by atoms with E-state index in [0.29, 0.717) is 0 Å². The second-order valence-corrected chi connectivity index (χ2v) is 9.92. The van der Waals surface area contributed by atoms with E-state index in [2.05, 4.69) is 10.6 Å². The molecule has 4 amide bonds. The van der Waals surface area contributed by atoms with E-state index >= 15 is 0 Å². The highest BCUT2D eigenvalue weighted by Gasteiger charge is 2.46. The SMILES string of the molecule is CC(=O)N[C@@H]1[C@@H](OC(C)CN(C(=O)CC[C@@H](NC(=O)[C@H](C)N)C(N)=O)[C@@H](OCCCN)C(=O)O)[C@H](O)[C@@H](CO)O[C@@H]1O. The number of amides is 4. The van der Waals surface area contributed by atoms with E-state index in [1.165, 1.54) is 13.8 Å². The normalized spacial score (nSPS) is 25.0. The van der Waals surface area contributed by atoms with E-state index in [9.17, 15) is 44.4 Å². The van der Waals surface area contributed by atoms with Crippen LogP contribution in [-0.4, -0.2) is 136 Å². The Labute approximate surface area is 242 Å². The maximum absolute atomic E-state index is 13.3. The second kappa shape index (κ2) is 17.9. The van der Waals surface area contributed by atoms with Crippen LogP contribution in [0.1, 0.15) is 40.0 Å². The zero-order valence-corrected chi connectivity index (χ0v) is 23.9. The fourth-order valence-electron chi connectivity index (χ4n) is 4.12. The molecule has 1 fully saturated rings. The van der Waals surface area contributed by atoms with Gasteiger partial charge in [-0.3, -0.25) is 19.2 Å². The number of hydrogen-bond acceptors (Lipinski definition) is 13. The monoisotopic (exact) mass is 608 g/mol. The summed E-state index contributed by atoms with van der Waals surface area (Å²) in [6, 6.07) is -3.53. The Morgan fingerprint density at radius 2 is 1.79 bits per heavy atom. The molecule has 1 aliphatic heterocycles. The molecular weight excluding hydrogens is 564 g/mol. The molecule has 18 nitrogen and oxygen atoms in total. The maximum Gasteiger partial charge on any atom is 0.354 e. The lowest BCUT2D eigenvalue weighted by Crippen LogP contribution is -2.65. The first-order valence-corrected chi connectivity index (χ1v) is 13.4. The summed E-state index contributed by atoms with van der Waals surface area (Å²) in [6.45, 7) is 2.90. The van der Waals surface area contributed by atoms with E-state index in [0.717, 1.165) is 11.8 Å². The number of carbonyl (C=O) groups excluding carboxylic acids is 4. The van der Waals surface area contributed by atoms with Crippen LogP contribution in [0.15, 0.2) is 0 Å². The van der Waals surface area contributed by atoms with Crippen LogP contribution < -0.4 is 27.8 Å². The van der Waals surface area contributed by atoms with Gasteiger partial charge in [-0.05, 0) is 33.2 Å². The summed E-state index contributed by atoms with van der Waals surface area (Å²) in [5, 5.41) is 45.2. The van der Waals surface area contributed by atoms with Crippen molar-refractivity contribution in [3.8, 4) is 0 Å². The smallest absolute Gasteiger partial charge is 0.354 e. The van der Waals surface area contributed by atoms with E-state index in [1.807, 2.05) is 0 Å². The summed E-state index contributed by atoms with van der Waals surface area (Å²) in [5.74, 6) is -4.56. The van der Waals surface area contributed by atoms with Crippen LogP contribution in [0.3, 0.4) is 0 Å². The standard InChI is InChI=1S/C24H44N6O12/c1-11(41-19-17(28-13(3)32)24(39)42-15(10-31)18(19)34)9-30(22(23(37)38)40-8-4-7-25)16(33)6-5-14(20(27)35)29-21(36)12(2)26/h11-12,14-15,17-19,22,24,31,34,39H,4-10,25-26H2,1-3H3,(H2,27,35)(H,28,32)(H,29,36)(H,37,38)/t11?,12-,14+,15+,17+,18+,19+,22-,24-/m0/s1. The second-order valence-electron chi connectivity index (χ2n) is 9.92. The molecule has 12 N–H and O–H groups in total. The Bertz CT molecular complexity index is 924. The molecular formula is C24H44N6O12. The number of primary amides is 1. The van der Waals surface area contributed by atoms with E-state index < -0.39 is 104 Å². The van der Waals surface area contributed by atoms with Gasteiger partial charge in [-0.25, -0.2) is 4.79 Å². The number of nitrogens with two attached hydrogens (primary N) is 3. The first-order valence-electron chi connectivity index (χ1n) is 13.4. The van der Waals surface area contributed by atoms with Crippen LogP contribution in [0.25, 0.3) is 0 Å². The molecule has 242 valence electrons. The molecule has 1 saturated heterocycles. The Kier molecular flexibility index (Phi) is 15.8. The Morgan fingerprint density at radius 3 is 2.29 bits per heavy atom. The molecule has 1 aliphatic rings. The molecule has 0 aromatic rings. The number of aliphatic carboxylic acids is 1. The third kappa shape index (κ3) is 11.4. The van der Waals surface area contributed by atoms with Gasteiger partial charge in [0.05, 0.1) is 25.4 Å². The van der Waals surface area contributed by atoms with Crippen molar-refractivity contribution in [2.24, 2.45) is 17.2 Å². The van der Waals surface area contributed by atoms with E-state index in [-0.39, 0.29) is 26.0 Å². The molecule has 0 aromatic heterocycles. The third-order valence-corrected chi connectivity index (χ3v) is 6.25. The summed E-state index contributed by atoms with van der Waals surface area (Å²) in [5.41, 5.74) is 16.3. The number of nitrogens with zero attached hydrogens (tertiary/aromatic N) is 1. The first-order chi connectivity index (χ1) is 19.6. The number of carboxylic acid groups (broad SMARTS) is 1. The molecule has 0 aromatic carbocycles. The van der Waals surface area contributed by atoms with Crippen molar-refractivity contribution in [2.45, 2.75) is 95.1 Å². The molecule has 0 saturated carbocycles. The lowest BCUT2D eigenvalue weighted by atomic mass is 9.96. The Hall–Kier alpha value is -2.97. The molecule has 0 bridgehead atoms. The van der Waals surface area contributed by atoms with Crippen LogP contribution in [0.5, 0.6) is 0 Å². The van der Waals surface area contributed by atoms with Crippen molar-refractivity contribution < 1.29 is 58.6 Å². The van der Waals surface area contributed by atoms with Crippen LogP contribution in [0.2, 0.25) is 0 Å². The summed E-state index contributed by atoms with van der Waals surface area (Å²) >= 11 is 0. The van der Waals surface area contributed by atoms with Gasteiger partial charge < -0.3 is 67.4 Å². The largest absolute Gasteiger partial charge is 0.478 e. The van der Waals surface area contributed by atoms with Gasteiger partial charge in [-0.15, -0.1) is 0 Å². The Morgan fingerprint density at radius 1 is 1.14 bits per heavy atom. The first kappa shape index (κ1) is 37.1. The number of ether oxygens (including phenoxy) is 3. The van der Waals surface area contributed by atoms with Crippen molar-refractivity contribution >= 4 is 29.6 Å². The lowest BCUT2D eigenvalue weighted by Gasteiger charge is -2.43. The van der Waals surface area contributed by atoms with Gasteiger partial charge in [-0.1, -0.05) is 0 Å². The molecule has 9 atom stereocenters. The average Bonchev–Trinajstić information content (AvgIpc) is 2.90. The summed E-state index contributed by atoms with van der Waals surface area (Å²) in [6.07, 6.45) is -9.18. The number of carboxylic acids is 1. The fraction of sp³-hybridized carbons (Fsp3) is 0.792. The van der Waals surface area contributed by atoms with Crippen LogP contribution >= 0.6 is 0 Å². The maximum atomic E-state index is 13.3. The number of hydrogen-bond donors (Lipinski definition) is 9. The van der Waals surface area contributed by atoms with Gasteiger partial charge in [0, 0.05) is 19.9 Å². The number of aliphatic hydroxyl groups is 3. The summed E-state index contributed by atoms with van der Waals surface area (Å²) in [7, 11) is 0. The zero-order chi connectivity index (χ0) is 32.1. The third-order valence-electron chi connectivity index (χ3n) is 6.25. The summed E-state index contributed by atoms with van der Waals surface area (Å²) < 4.78 is 16.4. The number of carbonyl (C=O) groups is 5. The average molecular weight is 609 g/mol. The lowest BCUT2D eigenvalue weighted by molar-refractivity contribution is -0.268. The van der Waals surface area contributed by atoms with Gasteiger partial charge in [0.1, 0.15) is 30.4 Å². The molecule has 42 heavy (non-hydrogen) atoms. The minimum Gasteiger partial charge on any atom is -0.478 e. The highest BCUT2D eigenvalue weighted by atomic mass is 16.6. The molecule has 0 radical (unpaired) electrons. The van der Waals surface area contributed by atoms with Gasteiger partial charge in [0.15, 0.2) is 6.29 Å². The highest BCUT2D eigenvalue weighted by Crippen LogP contribution is 2.24. The molecule has 0 aliphatic carbocycles. The summed E-state index contributed by atoms with van der Waals surface area (Å²) in [4.78, 5) is 61.8. The van der Waals surface area contributed by atoms with Crippen LogP contribution in [0, 0.1) is 0 Å². The molecule has 18 heteroatoms. The number of nitrogens with one attached hydrogen (secondary N) is 2. The predicted molar refractivity (Wildman–Crippen MR) is 143 cm³/mol. The molecule has 1 heterocycles. The number of rotatable bonds is 18. The zero-order valence-electron chi connectivity index (χ0n) is 23.9. The number of aliphatic hydroxyl groups excluding tert-OH is 3. The van der Waals surface area contributed by atoms with Gasteiger partial charge in [-0.2, -0.15) is 0 Å². The van der Waals surface area contributed by atoms with Gasteiger partial charge in [0.2, 0.25) is 29.9 Å². The topological polar surface area (TPSA) is 299 Å². The quantitative estimate of drug-likeness (QED) is 0.0520. The van der Waals surface area contributed by atoms with Crippen LogP contribution in [0.4, 0.5) is 0 Å². The van der Waals surface area contributed by atoms with Crippen LogP contribution in [-0.2, 0) is 38.2 Å². The van der Waals surface area contributed by atoms with Gasteiger partial charge in [0.25, 0.3) is 0 Å². The van der Waals surface area contributed by atoms with Crippen molar-refractivity contribution in [3.63, 3.8) is 0 Å². The fourth-order valence-corrected chi connectivity index (χ4v) is 4.12. The van der Waals surface area contributed by atoms with E-state index in [1.54, 1.807) is 0 Å². The Balaban J connectivity index is 3.22. The molecule has 1 unspecified atom stereocenters. The van der Waals surface area contributed by atoms with Gasteiger partial charge >= 0.3 is 5.97 Å². The molecule has 1 rings (SSSR count). The van der Waals surface area contributed by atoms with E-state index in [4.69, 9.17) is 31.4 Å². The van der Waals surface area contributed by atoms with Crippen molar-refractivity contribution in [2.75, 3.05) is 26.3 Å². The molecule has 0 spiro atoms. The predicted octanol–water partition coefficient (Wildman–Crippen LogP) is -4.96. The minimum absolute atomic E-state index is 0.117. The van der Waals surface area contributed by atoms with Crippen molar-refractivity contribution in [1.29, 1.82) is 0 Å². The van der Waals surface area contributed by atoms with Crippen molar-refractivity contribution in [3.05, 3.63) is 0 Å².